The van der Waals surface area contributed by atoms with E-state index in [2.05, 4.69) is 15.3 Å². The third-order valence-electron chi connectivity index (χ3n) is 6.02. The molecule has 3 aromatic carbocycles. The zero-order valence-electron chi connectivity index (χ0n) is 19.8. The zero-order valence-corrected chi connectivity index (χ0v) is 20.6. The number of thiazole rings is 1. The van der Waals surface area contributed by atoms with E-state index < -0.39 is 29.4 Å². The highest BCUT2D eigenvalue weighted by Gasteiger charge is 2.30. The largest absolute Gasteiger partial charge is 0.416 e. The first-order valence-corrected chi connectivity index (χ1v) is 12.4. The predicted molar refractivity (Wildman–Crippen MR) is 140 cm³/mol. The van der Waals surface area contributed by atoms with Crippen LogP contribution in [0.4, 0.5) is 27.1 Å². The SMILES string of the molecule is N[C@H](CNc1nc(-c2ccc(F)c(F)c2)c(-c2ccc3cnccc3c2)s1)Cc1ccc(C(F)(F)F)cc1. The first kappa shape index (κ1) is 25.7. The summed E-state index contributed by atoms with van der Waals surface area (Å²) in [5.41, 5.74) is 7.97. The van der Waals surface area contributed by atoms with Crippen LogP contribution >= 0.6 is 11.3 Å². The highest BCUT2D eigenvalue weighted by molar-refractivity contribution is 7.19. The molecule has 4 nitrogen and oxygen atoms in total. The monoisotopic (exact) mass is 540 g/mol. The fourth-order valence-corrected chi connectivity index (χ4v) is 5.07. The molecule has 2 aromatic heterocycles. The molecule has 0 aliphatic rings. The fourth-order valence-electron chi connectivity index (χ4n) is 4.08. The molecule has 0 radical (unpaired) electrons. The van der Waals surface area contributed by atoms with Gasteiger partial charge in [0, 0.05) is 35.9 Å². The third kappa shape index (κ3) is 5.66. The minimum absolute atomic E-state index is 0.300. The van der Waals surface area contributed by atoms with Gasteiger partial charge >= 0.3 is 6.18 Å². The maximum absolute atomic E-state index is 14.1. The standard InChI is InChI=1S/C28H21F5N4S/c29-23-8-5-18(13-24(23)30)25-26(19-3-4-20-14-35-10-9-17(20)12-19)38-27(37-25)36-15-22(34)11-16-1-6-21(7-2-16)28(31,32)33/h1-10,12-14,22H,11,15,34H2,(H,36,37)/t22-/m0/s1. The van der Waals surface area contributed by atoms with Crippen LogP contribution in [0.5, 0.6) is 0 Å². The number of benzene rings is 3. The van der Waals surface area contributed by atoms with Crippen LogP contribution in [0.3, 0.4) is 0 Å². The average Bonchev–Trinajstić information content (AvgIpc) is 3.33. The van der Waals surface area contributed by atoms with Crippen LogP contribution in [0.15, 0.2) is 79.1 Å². The van der Waals surface area contributed by atoms with E-state index in [-0.39, 0.29) is 0 Å². The minimum atomic E-state index is -4.39. The smallest absolute Gasteiger partial charge is 0.360 e. The molecule has 3 N–H and O–H groups in total. The number of hydrogen-bond acceptors (Lipinski definition) is 5. The second-order valence-corrected chi connectivity index (χ2v) is 9.80. The minimum Gasteiger partial charge on any atom is -0.360 e. The molecule has 0 fully saturated rings. The van der Waals surface area contributed by atoms with Gasteiger partial charge < -0.3 is 11.1 Å². The van der Waals surface area contributed by atoms with E-state index >= 15 is 0 Å². The summed E-state index contributed by atoms with van der Waals surface area (Å²) in [5.74, 6) is -1.92. The molecule has 1 atom stereocenters. The summed E-state index contributed by atoms with van der Waals surface area (Å²) in [7, 11) is 0. The van der Waals surface area contributed by atoms with Crippen LogP contribution in [-0.4, -0.2) is 22.6 Å². The van der Waals surface area contributed by atoms with Crippen molar-refractivity contribution in [1.82, 2.24) is 9.97 Å². The van der Waals surface area contributed by atoms with Crippen LogP contribution in [-0.2, 0) is 12.6 Å². The number of nitrogens with one attached hydrogen (secondary N) is 1. The Morgan fingerprint density at radius 2 is 1.63 bits per heavy atom. The lowest BCUT2D eigenvalue weighted by atomic mass is 10.0. The maximum atomic E-state index is 14.1. The van der Waals surface area contributed by atoms with Gasteiger partial charge in [0.15, 0.2) is 16.8 Å². The van der Waals surface area contributed by atoms with Gasteiger partial charge in [-0.25, -0.2) is 13.8 Å². The highest BCUT2D eigenvalue weighted by Crippen LogP contribution is 2.40. The van der Waals surface area contributed by atoms with Crippen molar-refractivity contribution in [2.24, 2.45) is 5.73 Å². The molecule has 0 amide bonds. The molecule has 10 heteroatoms. The maximum Gasteiger partial charge on any atom is 0.416 e. The Balaban J connectivity index is 1.39. The molecule has 0 aliphatic heterocycles. The lowest BCUT2D eigenvalue weighted by Gasteiger charge is -2.13. The Kier molecular flexibility index (Phi) is 7.09. The average molecular weight is 541 g/mol. The molecule has 0 unspecified atom stereocenters. The molecule has 194 valence electrons. The van der Waals surface area contributed by atoms with Crippen molar-refractivity contribution in [1.29, 1.82) is 0 Å². The van der Waals surface area contributed by atoms with Crippen LogP contribution in [0, 0.1) is 11.6 Å². The van der Waals surface area contributed by atoms with Crippen molar-refractivity contribution in [3.8, 4) is 21.7 Å². The van der Waals surface area contributed by atoms with Crippen molar-refractivity contribution in [3.05, 3.63) is 102 Å². The molecule has 38 heavy (non-hydrogen) atoms. The second-order valence-electron chi connectivity index (χ2n) is 8.80. The van der Waals surface area contributed by atoms with Gasteiger partial charge in [0.05, 0.1) is 16.1 Å². The first-order valence-electron chi connectivity index (χ1n) is 11.6. The van der Waals surface area contributed by atoms with E-state index in [9.17, 15) is 22.0 Å². The predicted octanol–water partition coefficient (Wildman–Crippen LogP) is 7.30. The second kappa shape index (κ2) is 10.5. The summed E-state index contributed by atoms with van der Waals surface area (Å²) >= 11 is 1.34. The number of nitrogens with zero attached hydrogens (tertiary/aromatic N) is 2. The zero-order chi connectivity index (χ0) is 26.9. The molecule has 0 bridgehead atoms. The normalized spacial score (nSPS) is 12.6. The van der Waals surface area contributed by atoms with Crippen LogP contribution in [0.1, 0.15) is 11.1 Å². The molecule has 0 aliphatic carbocycles. The van der Waals surface area contributed by atoms with Crippen molar-refractivity contribution >= 4 is 27.2 Å². The number of alkyl halides is 3. The number of rotatable bonds is 7. The Morgan fingerprint density at radius 1 is 0.868 bits per heavy atom. The number of nitrogens with two attached hydrogens (primary N) is 1. The summed E-state index contributed by atoms with van der Waals surface area (Å²) < 4.78 is 66.1. The van der Waals surface area contributed by atoms with Crippen molar-refractivity contribution in [3.63, 3.8) is 0 Å². The number of halogens is 5. The van der Waals surface area contributed by atoms with Gasteiger partial charge in [-0.1, -0.05) is 35.6 Å². The quantitative estimate of drug-likeness (QED) is 0.213. The van der Waals surface area contributed by atoms with E-state index in [0.717, 1.165) is 45.5 Å². The number of anilines is 1. The molecule has 0 saturated carbocycles. The van der Waals surface area contributed by atoms with Crippen LogP contribution < -0.4 is 11.1 Å². The van der Waals surface area contributed by atoms with E-state index in [4.69, 9.17) is 5.73 Å². The fraction of sp³-hybridized carbons (Fsp3) is 0.143. The number of pyridine rings is 1. The van der Waals surface area contributed by atoms with Crippen molar-refractivity contribution in [2.45, 2.75) is 18.6 Å². The molecule has 5 aromatic rings. The number of fused-ring (bicyclic) bond motifs is 1. The molecule has 5 rings (SSSR count). The summed E-state index contributed by atoms with van der Waals surface area (Å²) in [6, 6.07) is 15.9. The number of aromatic nitrogens is 2. The molecule has 2 heterocycles. The van der Waals surface area contributed by atoms with E-state index in [1.807, 2.05) is 24.3 Å². The lowest BCUT2D eigenvalue weighted by Crippen LogP contribution is -2.31. The summed E-state index contributed by atoms with van der Waals surface area (Å²) in [6.07, 6.45) is -0.580. The highest BCUT2D eigenvalue weighted by atomic mass is 32.1. The van der Waals surface area contributed by atoms with E-state index in [1.54, 1.807) is 12.4 Å². The Morgan fingerprint density at radius 3 is 2.37 bits per heavy atom. The summed E-state index contributed by atoms with van der Waals surface area (Å²) in [4.78, 5) is 9.54. The van der Waals surface area contributed by atoms with Gasteiger partial charge in [0.25, 0.3) is 0 Å². The van der Waals surface area contributed by atoms with Gasteiger partial charge in [-0.05, 0) is 65.4 Å². The van der Waals surface area contributed by atoms with Gasteiger partial charge in [-0.15, -0.1) is 0 Å². The van der Waals surface area contributed by atoms with Crippen LogP contribution in [0.25, 0.3) is 32.5 Å². The van der Waals surface area contributed by atoms with E-state index in [1.165, 1.54) is 29.5 Å². The number of hydrogen-bond donors (Lipinski definition) is 2. The Labute approximate surface area is 219 Å². The van der Waals surface area contributed by atoms with Crippen molar-refractivity contribution < 1.29 is 22.0 Å². The third-order valence-corrected chi connectivity index (χ3v) is 7.08. The Bertz CT molecular complexity index is 1580. The van der Waals surface area contributed by atoms with Gasteiger partial charge in [-0.3, -0.25) is 4.98 Å². The van der Waals surface area contributed by atoms with Gasteiger partial charge in [0.1, 0.15) is 0 Å². The summed E-state index contributed by atoms with van der Waals surface area (Å²) in [6.45, 7) is 0.300. The Hall–Kier alpha value is -3.89. The van der Waals surface area contributed by atoms with Gasteiger partial charge in [-0.2, -0.15) is 13.2 Å². The van der Waals surface area contributed by atoms with Crippen LogP contribution in [0.2, 0.25) is 0 Å². The van der Waals surface area contributed by atoms with Gasteiger partial charge in [0.2, 0.25) is 0 Å². The van der Waals surface area contributed by atoms with Crippen molar-refractivity contribution in [2.75, 3.05) is 11.9 Å². The topological polar surface area (TPSA) is 63.8 Å². The lowest BCUT2D eigenvalue weighted by molar-refractivity contribution is -0.137. The molecular formula is C28H21F5N4S. The molecule has 0 spiro atoms. The van der Waals surface area contributed by atoms with E-state index in [0.29, 0.717) is 34.9 Å². The molecule has 0 saturated heterocycles. The summed E-state index contributed by atoms with van der Waals surface area (Å²) in [5, 5.41) is 5.64. The first-order chi connectivity index (χ1) is 18.2. The molecular weight excluding hydrogens is 519 g/mol.